The molecule has 0 bridgehead atoms. The molecule has 8 aromatic rings. The highest BCUT2D eigenvalue weighted by molar-refractivity contribution is 6.00. The Morgan fingerprint density at radius 2 is 0.837 bits per heavy atom. The van der Waals surface area contributed by atoms with E-state index in [9.17, 15) is 4.79 Å². The van der Waals surface area contributed by atoms with Gasteiger partial charge in [-0.3, -0.25) is 9.69 Å². The van der Waals surface area contributed by atoms with Gasteiger partial charge in [-0.2, -0.15) is 0 Å². The van der Waals surface area contributed by atoms with Crippen molar-refractivity contribution in [3.05, 3.63) is 150 Å². The van der Waals surface area contributed by atoms with Crippen molar-refractivity contribution in [3.63, 3.8) is 0 Å². The minimum Gasteiger partial charge on any atom is -0.456 e. The van der Waals surface area contributed by atoms with E-state index in [0.717, 1.165) is 84.9 Å². The summed E-state index contributed by atoms with van der Waals surface area (Å²) >= 11 is 0. The second-order valence-electron chi connectivity index (χ2n) is 12.5. The smallest absolute Gasteiger partial charge is 0.200 e. The van der Waals surface area contributed by atoms with Gasteiger partial charge in [0.1, 0.15) is 28.2 Å². The SMILES string of the molecule is O=c1c2ccccc2oc2ccc(-c3cccc(-c4cccc(-c5cc6c7c(c5)Oc5cccc8c5N7c5c(cccc5O6)O8)c4)c3)cc12. The van der Waals surface area contributed by atoms with Gasteiger partial charge in [0, 0.05) is 0 Å². The number of anilines is 3. The minimum atomic E-state index is -0.0268. The standard InChI is InChI=1S/C43H23NO5/c45-43-30-11-1-2-12-32(30)46-33-18-17-28(21-31(33)43)26-9-3-7-24(19-26)25-8-4-10-27(20-25)29-22-38-42-39(23-29)49-37-16-6-14-35-41(37)44(42)40-34(47-35)13-5-15-36(40)48-38/h1-23H. The Morgan fingerprint density at radius 1 is 0.367 bits per heavy atom. The molecule has 0 spiro atoms. The molecule has 49 heavy (non-hydrogen) atoms. The summed E-state index contributed by atoms with van der Waals surface area (Å²) in [5, 5.41) is 1.15. The molecule has 0 aliphatic carbocycles. The van der Waals surface area contributed by atoms with Crippen molar-refractivity contribution >= 4 is 39.0 Å². The Bertz CT molecular complexity index is 2720. The first-order valence-electron chi connectivity index (χ1n) is 16.1. The maximum absolute atomic E-state index is 13.3. The molecule has 0 fully saturated rings. The van der Waals surface area contributed by atoms with Gasteiger partial charge in [0.25, 0.3) is 0 Å². The van der Waals surface area contributed by atoms with E-state index in [0.29, 0.717) is 21.9 Å². The lowest BCUT2D eigenvalue weighted by molar-refractivity contribution is 0.418. The molecule has 0 radical (unpaired) electrons. The quantitative estimate of drug-likeness (QED) is 0.180. The average Bonchev–Trinajstić information content (AvgIpc) is 3.15. The first kappa shape index (κ1) is 26.3. The van der Waals surface area contributed by atoms with Gasteiger partial charge in [0.05, 0.1) is 10.8 Å². The van der Waals surface area contributed by atoms with Gasteiger partial charge in [-0.1, -0.05) is 66.7 Å². The predicted octanol–water partition coefficient (Wildman–Crippen LogP) is 11.7. The van der Waals surface area contributed by atoms with Crippen molar-refractivity contribution in [2.24, 2.45) is 0 Å². The molecule has 0 amide bonds. The number of fused-ring (bicyclic) bond motifs is 2. The lowest BCUT2D eigenvalue weighted by Gasteiger charge is -2.41. The molecule has 0 saturated carbocycles. The number of ether oxygens (including phenoxy) is 3. The Kier molecular flexibility index (Phi) is 5.16. The molecular weight excluding hydrogens is 610 g/mol. The van der Waals surface area contributed by atoms with Crippen LogP contribution in [0.5, 0.6) is 34.5 Å². The van der Waals surface area contributed by atoms with Crippen LogP contribution in [0.3, 0.4) is 0 Å². The molecule has 3 aliphatic rings. The van der Waals surface area contributed by atoms with E-state index in [1.54, 1.807) is 0 Å². The van der Waals surface area contributed by atoms with Crippen LogP contribution >= 0.6 is 0 Å². The van der Waals surface area contributed by atoms with Crippen LogP contribution < -0.4 is 24.5 Å². The van der Waals surface area contributed by atoms with E-state index in [4.69, 9.17) is 18.6 Å². The third kappa shape index (κ3) is 3.79. The third-order valence-corrected chi connectivity index (χ3v) is 9.60. The lowest BCUT2D eigenvalue weighted by Crippen LogP contribution is -2.23. The van der Waals surface area contributed by atoms with Crippen molar-refractivity contribution in [1.29, 1.82) is 0 Å². The zero-order chi connectivity index (χ0) is 32.2. The van der Waals surface area contributed by atoms with Crippen molar-refractivity contribution in [2.45, 2.75) is 0 Å². The summed E-state index contributed by atoms with van der Waals surface area (Å²) in [4.78, 5) is 15.6. The predicted molar refractivity (Wildman–Crippen MR) is 191 cm³/mol. The van der Waals surface area contributed by atoms with Crippen molar-refractivity contribution < 1.29 is 18.6 Å². The van der Waals surface area contributed by atoms with Crippen LogP contribution in [0.25, 0.3) is 55.3 Å². The van der Waals surface area contributed by atoms with Gasteiger partial charge >= 0.3 is 0 Å². The maximum Gasteiger partial charge on any atom is 0.200 e. The third-order valence-electron chi connectivity index (χ3n) is 9.60. The van der Waals surface area contributed by atoms with E-state index in [2.05, 4.69) is 65.6 Å². The van der Waals surface area contributed by atoms with Gasteiger partial charge in [-0.15, -0.1) is 0 Å². The fourth-order valence-corrected chi connectivity index (χ4v) is 7.33. The summed E-state index contributed by atoms with van der Waals surface area (Å²) in [6.07, 6.45) is 0. The highest BCUT2D eigenvalue weighted by atomic mass is 16.5. The Balaban J connectivity index is 0.996. The first-order valence-corrected chi connectivity index (χ1v) is 16.1. The van der Waals surface area contributed by atoms with E-state index in [-0.39, 0.29) is 5.43 Å². The normalized spacial score (nSPS) is 13.0. The number of hydrogen-bond acceptors (Lipinski definition) is 6. The second kappa shape index (κ2) is 9.62. The highest BCUT2D eigenvalue weighted by Gasteiger charge is 2.41. The van der Waals surface area contributed by atoms with Crippen LogP contribution in [0.2, 0.25) is 0 Å². The molecule has 11 rings (SSSR count). The molecule has 230 valence electrons. The molecule has 7 aromatic carbocycles. The molecule has 6 heteroatoms. The Morgan fingerprint density at radius 3 is 1.45 bits per heavy atom. The molecule has 6 nitrogen and oxygen atoms in total. The fraction of sp³-hybridized carbons (Fsp3) is 0. The van der Waals surface area contributed by atoms with E-state index < -0.39 is 0 Å². The van der Waals surface area contributed by atoms with Crippen molar-refractivity contribution in [1.82, 2.24) is 0 Å². The monoisotopic (exact) mass is 633 g/mol. The van der Waals surface area contributed by atoms with Gasteiger partial charge in [-0.05, 0) is 106 Å². The van der Waals surface area contributed by atoms with Gasteiger partial charge in [0.2, 0.25) is 5.43 Å². The van der Waals surface area contributed by atoms with Gasteiger partial charge in [0.15, 0.2) is 34.5 Å². The Hall–Kier alpha value is -6.79. The zero-order valence-corrected chi connectivity index (χ0v) is 25.8. The number of rotatable bonds is 3. The van der Waals surface area contributed by atoms with Gasteiger partial charge < -0.3 is 18.6 Å². The minimum absolute atomic E-state index is 0.0268. The summed E-state index contributed by atoms with van der Waals surface area (Å²) in [6, 6.07) is 46.0. The molecule has 3 aliphatic heterocycles. The van der Waals surface area contributed by atoms with Crippen LogP contribution in [-0.4, -0.2) is 0 Å². The molecule has 1 aromatic heterocycles. The van der Waals surface area contributed by atoms with Crippen LogP contribution in [0.4, 0.5) is 17.1 Å². The van der Waals surface area contributed by atoms with Crippen LogP contribution in [-0.2, 0) is 0 Å². The van der Waals surface area contributed by atoms with Crippen molar-refractivity contribution in [2.75, 3.05) is 4.90 Å². The fourth-order valence-electron chi connectivity index (χ4n) is 7.33. The number of benzene rings is 7. The van der Waals surface area contributed by atoms with E-state index in [1.807, 2.05) is 78.9 Å². The number of para-hydroxylation sites is 3. The second-order valence-corrected chi connectivity index (χ2v) is 12.5. The summed E-state index contributed by atoms with van der Waals surface area (Å²) in [5.74, 6) is 4.42. The number of hydrogen-bond donors (Lipinski definition) is 0. The van der Waals surface area contributed by atoms with Crippen molar-refractivity contribution in [3.8, 4) is 67.9 Å². The average molecular weight is 634 g/mol. The molecule has 0 atom stereocenters. The van der Waals surface area contributed by atoms with E-state index >= 15 is 0 Å². The summed E-state index contributed by atoms with van der Waals surface area (Å²) in [7, 11) is 0. The molecule has 0 unspecified atom stereocenters. The highest BCUT2D eigenvalue weighted by Crippen LogP contribution is 2.66. The van der Waals surface area contributed by atoms with Crippen LogP contribution in [0, 0.1) is 0 Å². The molecule has 0 N–H and O–H groups in total. The summed E-state index contributed by atoms with van der Waals surface area (Å²) in [5.41, 5.74) is 9.89. The summed E-state index contributed by atoms with van der Waals surface area (Å²) < 4.78 is 25.3. The molecule has 0 saturated heterocycles. The summed E-state index contributed by atoms with van der Waals surface area (Å²) in [6.45, 7) is 0. The zero-order valence-electron chi connectivity index (χ0n) is 25.8. The lowest BCUT2D eigenvalue weighted by atomic mass is 9.95. The number of nitrogens with zero attached hydrogens (tertiary/aromatic N) is 1. The van der Waals surface area contributed by atoms with E-state index in [1.165, 1.54) is 0 Å². The maximum atomic E-state index is 13.3. The van der Waals surface area contributed by atoms with Crippen LogP contribution in [0.1, 0.15) is 0 Å². The topological polar surface area (TPSA) is 61.1 Å². The Labute approximate surface area is 279 Å². The molecule has 4 heterocycles. The molecular formula is C43H23NO5. The van der Waals surface area contributed by atoms with Gasteiger partial charge in [-0.25, -0.2) is 0 Å². The first-order chi connectivity index (χ1) is 24.2. The largest absolute Gasteiger partial charge is 0.456 e. The van der Waals surface area contributed by atoms with Crippen LogP contribution in [0.15, 0.2) is 149 Å².